The van der Waals surface area contributed by atoms with E-state index in [1.54, 1.807) is 0 Å². The summed E-state index contributed by atoms with van der Waals surface area (Å²) in [5.74, 6) is 0.177. The van der Waals surface area contributed by atoms with Crippen LogP contribution in [0.2, 0.25) is 0 Å². The van der Waals surface area contributed by atoms with Crippen LogP contribution in [-0.2, 0) is 14.6 Å². The number of amides is 1. The average molecular weight is 348 g/mol. The molecule has 0 unspecified atom stereocenters. The van der Waals surface area contributed by atoms with Crippen molar-refractivity contribution < 1.29 is 13.2 Å². The van der Waals surface area contributed by atoms with Gasteiger partial charge < -0.3 is 5.32 Å². The summed E-state index contributed by atoms with van der Waals surface area (Å²) in [6, 6.07) is 9.82. The largest absolute Gasteiger partial charge is 0.351 e. The van der Waals surface area contributed by atoms with Gasteiger partial charge in [-0.25, -0.2) is 8.42 Å². The van der Waals surface area contributed by atoms with Crippen molar-refractivity contribution in [1.82, 2.24) is 10.2 Å². The summed E-state index contributed by atoms with van der Waals surface area (Å²) in [6.45, 7) is 3.46. The van der Waals surface area contributed by atoms with Crippen molar-refractivity contribution in [1.29, 1.82) is 0 Å². The second kappa shape index (κ2) is 7.07. The predicted octanol–water partition coefficient (Wildman–Crippen LogP) is 1.47. The normalized spacial score (nSPS) is 25.0. The third-order valence-corrected chi connectivity index (χ3v) is 6.66. The van der Waals surface area contributed by atoms with Crippen molar-refractivity contribution in [2.75, 3.05) is 24.6 Å². The molecule has 0 saturated carbocycles. The Hall–Kier alpha value is -1.66. The van der Waals surface area contributed by atoms with Crippen LogP contribution < -0.4 is 5.32 Å². The summed E-state index contributed by atoms with van der Waals surface area (Å²) in [4.78, 5) is 14.5. The fraction of sp³-hybridized carbons (Fsp3) is 0.500. The quantitative estimate of drug-likeness (QED) is 0.895. The van der Waals surface area contributed by atoms with Crippen molar-refractivity contribution in [2.24, 2.45) is 0 Å². The monoisotopic (exact) mass is 348 g/mol. The molecule has 1 saturated heterocycles. The molecule has 1 N–H and O–H groups in total. The molecule has 3 rings (SSSR count). The van der Waals surface area contributed by atoms with Crippen molar-refractivity contribution in [3.8, 4) is 0 Å². The molecule has 0 spiro atoms. The summed E-state index contributed by atoms with van der Waals surface area (Å²) in [7, 11) is -2.97. The Morgan fingerprint density at radius 3 is 2.62 bits per heavy atom. The number of sulfone groups is 1. The topological polar surface area (TPSA) is 66.5 Å². The number of benzene rings is 1. The van der Waals surface area contributed by atoms with E-state index in [1.165, 1.54) is 11.1 Å². The molecule has 1 fully saturated rings. The van der Waals surface area contributed by atoms with E-state index in [0.29, 0.717) is 6.42 Å². The molecular formula is C18H24N2O3S. The van der Waals surface area contributed by atoms with Crippen LogP contribution in [-0.4, -0.2) is 55.9 Å². The molecule has 1 aromatic rings. The molecule has 1 amide bonds. The molecule has 0 aliphatic carbocycles. The number of hydrogen-bond acceptors (Lipinski definition) is 4. The third kappa shape index (κ3) is 4.05. The van der Waals surface area contributed by atoms with Crippen LogP contribution in [0.1, 0.15) is 25.3 Å². The van der Waals surface area contributed by atoms with Gasteiger partial charge in [-0.2, -0.15) is 0 Å². The minimum atomic E-state index is -2.97. The van der Waals surface area contributed by atoms with Gasteiger partial charge in [0.25, 0.3) is 0 Å². The summed E-state index contributed by atoms with van der Waals surface area (Å²) >= 11 is 0. The molecule has 2 atom stereocenters. The lowest BCUT2D eigenvalue weighted by Crippen LogP contribution is -2.49. The van der Waals surface area contributed by atoms with Gasteiger partial charge in [0.2, 0.25) is 5.91 Å². The highest BCUT2D eigenvalue weighted by Gasteiger charge is 2.31. The van der Waals surface area contributed by atoms with Crippen LogP contribution in [0.5, 0.6) is 0 Å². The van der Waals surface area contributed by atoms with E-state index in [9.17, 15) is 13.2 Å². The van der Waals surface area contributed by atoms with Crippen LogP contribution in [0.25, 0.3) is 5.57 Å². The van der Waals surface area contributed by atoms with E-state index in [2.05, 4.69) is 28.4 Å². The number of carbonyl (C=O) groups excluding carboxylic acids is 1. The number of carbonyl (C=O) groups is 1. The highest BCUT2D eigenvalue weighted by atomic mass is 32.2. The molecule has 0 radical (unpaired) electrons. The maximum atomic E-state index is 12.4. The first-order valence-electron chi connectivity index (χ1n) is 8.44. The Morgan fingerprint density at radius 1 is 1.29 bits per heavy atom. The second-order valence-electron chi connectivity index (χ2n) is 6.62. The van der Waals surface area contributed by atoms with Crippen LogP contribution >= 0.6 is 0 Å². The van der Waals surface area contributed by atoms with E-state index >= 15 is 0 Å². The fourth-order valence-corrected chi connectivity index (χ4v) is 5.02. The summed E-state index contributed by atoms with van der Waals surface area (Å²) in [5.41, 5.74) is 2.56. The van der Waals surface area contributed by atoms with Crippen LogP contribution in [0, 0.1) is 0 Å². The lowest BCUT2D eigenvalue weighted by molar-refractivity contribution is -0.126. The Kier molecular flexibility index (Phi) is 5.06. The molecule has 0 bridgehead atoms. The van der Waals surface area contributed by atoms with Gasteiger partial charge in [-0.15, -0.1) is 0 Å². The minimum Gasteiger partial charge on any atom is -0.351 e. The molecule has 0 aromatic heterocycles. The van der Waals surface area contributed by atoms with Gasteiger partial charge >= 0.3 is 0 Å². The summed E-state index contributed by atoms with van der Waals surface area (Å²) < 4.78 is 23.0. The standard InChI is InChI=1S/C18H24N2O3S/c1-14(18(21)19-17-9-12-24(22,23)13-17)20-10-7-16(8-11-20)15-5-3-2-4-6-15/h2-7,14,17H,8-13H2,1H3,(H,19,21)/t14-,17+/m0/s1. The lowest BCUT2D eigenvalue weighted by Gasteiger charge is -2.31. The SMILES string of the molecule is C[C@@H](C(=O)N[C@@H]1CCS(=O)(=O)C1)N1CC=C(c2ccccc2)CC1. The van der Waals surface area contributed by atoms with E-state index in [4.69, 9.17) is 0 Å². The first kappa shape index (κ1) is 17.2. The second-order valence-corrected chi connectivity index (χ2v) is 8.85. The van der Waals surface area contributed by atoms with Crippen LogP contribution in [0.15, 0.2) is 36.4 Å². The number of rotatable bonds is 4. The maximum Gasteiger partial charge on any atom is 0.237 e. The molecule has 2 aliphatic rings. The van der Waals surface area contributed by atoms with Gasteiger partial charge in [0.05, 0.1) is 17.5 Å². The predicted molar refractivity (Wildman–Crippen MR) is 95.3 cm³/mol. The van der Waals surface area contributed by atoms with E-state index in [-0.39, 0.29) is 29.5 Å². The van der Waals surface area contributed by atoms with Gasteiger partial charge in [0.1, 0.15) is 0 Å². The van der Waals surface area contributed by atoms with Gasteiger partial charge in [-0.1, -0.05) is 36.4 Å². The van der Waals surface area contributed by atoms with Crippen LogP contribution in [0.3, 0.4) is 0 Å². The molecule has 1 aromatic carbocycles. The Bertz CT molecular complexity index is 728. The fourth-order valence-electron chi connectivity index (χ4n) is 3.35. The minimum absolute atomic E-state index is 0.0729. The van der Waals surface area contributed by atoms with E-state index in [0.717, 1.165) is 19.5 Å². The molecule has 130 valence electrons. The number of hydrogen-bond donors (Lipinski definition) is 1. The Balaban J connectivity index is 1.56. The third-order valence-electron chi connectivity index (χ3n) is 4.89. The molecule has 6 heteroatoms. The van der Waals surface area contributed by atoms with Gasteiger partial charge in [0.15, 0.2) is 9.84 Å². The molecule has 5 nitrogen and oxygen atoms in total. The zero-order valence-electron chi connectivity index (χ0n) is 13.9. The number of nitrogens with zero attached hydrogens (tertiary/aromatic N) is 1. The Morgan fingerprint density at radius 2 is 2.04 bits per heavy atom. The van der Waals surface area contributed by atoms with E-state index in [1.807, 2.05) is 25.1 Å². The summed E-state index contributed by atoms with van der Waals surface area (Å²) in [6.07, 6.45) is 3.63. The highest BCUT2D eigenvalue weighted by Crippen LogP contribution is 2.23. The van der Waals surface area contributed by atoms with Crippen molar-refractivity contribution in [3.05, 3.63) is 42.0 Å². The highest BCUT2D eigenvalue weighted by molar-refractivity contribution is 7.91. The zero-order chi connectivity index (χ0) is 17.2. The molecular weight excluding hydrogens is 324 g/mol. The van der Waals surface area contributed by atoms with Crippen molar-refractivity contribution in [2.45, 2.75) is 31.8 Å². The van der Waals surface area contributed by atoms with Crippen LogP contribution in [0.4, 0.5) is 0 Å². The molecule has 2 aliphatic heterocycles. The van der Waals surface area contributed by atoms with E-state index < -0.39 is 9.84 Å². The summed E-state index contributed by atoms with van der Waals surface area (Å²) in [5, 5.41) is 2.89. The zero-order valence-corrected chi connectivity index (χ0v) is 14.8. The maximum absolute atomic E-state index is 12.4. The smallest absolute Gasteiger partial charge is 0.237 e. The van der Waals surface area contributed by atoms with Gasteiger partial charge in [-0.3, -0.25) is 9.69 Å². The molecule has 24 heavy (non-hydrogen) atoms. The number of nitrogens with one attached hydrogen (secondary N) is 1. The Labute approximate surface area is 143 Å². The van der Waals surface area contributed by atoms with Crippen molar-refractivity contribution >= 4 is 21.3 Å². The first-order chi connectivity index (χ1) is 11.4. The van der Waals surface area contributed by atoms with Gasteiger partial charge in [-0.05, 0) is 30.9 Å². The first-order valence-corrected chi connectivity index (χ1v) is 10.3. The van der Waals surface area contributed by atoms with Gasteiger partial charge in [0, 0.05) is 19.1 Å². The van der Waals surface area contributed by atoms with Crippen molar-refractivity contribution in [3.63, 3.8) is 0 Å². The lowest BCUT2D eigenvalue weighted by atomic mass is 9.99. The average Bonchev–Trinajstić information content (AvgIpc) is 2.93. The molecule has 2 heterocycles.